The molecule has 4 rings (SSSR count). The number of halogens is 1. The summed E-state index contributed by atoms with van der Waals surface area (Å²) < 4.78 is 15.4. The van der Waals surface area contributed by atoms with Crippen LogP contribution in [0.3, 0.4) is 0 Å². The van der Waals surface area contributed by atoms with Crippen LogP contribution in [0.15, 0.2) is 42.9 Å². The number of hydrogen-bond donors (Lipinski definition) is 3. The van der Waals surface area contributed by atoms with Gasteiger partial charge in [0, 0.05) is 24.2 Å². The molecule has 1 atom stereocenters. The molecule has 1 aliphatic carbocycles. The summed E-state index contributed by atoms with van der Waals surface area (Å²) in [7, 11) is 0. The van der Waals surface area contributed by atoms with Gasteiger partial charge in [0.25, 0.3) is 5.91 Å². The van der Waals surface area contributed by atoms with Gasteiger partial charge in [0.05, 0.1) is 23.8 Å². The fourth-order valence-corrected chi connectivity index (χ4v) is 3.68. The molecule has 3 N–H and O–H groups in total. The number of carbonyl (C=O) groups is 1. The molecule has 0 spiro atoms. The van der Waals surface area contributed by atoms with Crippen LogP contribution in [0, 0.1) is 19.7 Å². The van der Waals surface area contributed by atoms with Crippen molar-refractivity contribution in [3.8, 4) is 5.82 Å². The number of nitrogens with zero attached hydrogens (tertiary/aromatic N) is 3. The zero-order chi connectivity index (χ0) is 22.9. The smallest absolute Gasteiger partial charge is 0.253 e. The minimum absolute atomic E-state index is 0.0413. The third-order valence-corrected chi connectivity index (χ3v) is 5.98. The zero-order valence-corrected chi connectivity index (χ0v) is 18.5. The summed E-state index contributed by atoms with van der Waals surface area (Å²) in [5, 5.41) is 15.8. The first-order valence-electron chi connectivity index (χ1n) is 10.8. The summed E-state index contributed by atoms with van der Waals surface area (Å²) in [6, 6.07) is 6.44. The monoisotopic (exact) mass is 437 g/mol. The number of aliphatic hydroxyl groups excluding tert-OH is 1. The molecule has 0 saturated heterocycles. The van der Waals surface area contributed by atoms with Gasteiger partial charge in [-0.2, -0.15) is 4.98 Å². The minimum atomic E-state index is -0.317. The molecule has 3 aromatic rings. The van der Waals surface area contributed by atoms with Gasteiger partial charge >= 0.3 is 0 Å². The Labute approximate surface area is 186 Å². The second-order valence-electron chi connectivity index (χ2n) is 8.51. The second-order valence-corrected chi connectivity index (χ2v) is 8.51. The molecule has 0 bridgehead atoms. The molecule has 32 heavy (non-hydrogen) atoms. The molecule has 1 unspecified atom stereocenters. The maximum Gasteiger partial charge on any atom is 0.253 e. The van der Waals surface area contributed by atoms with E-state index >= 15 is 0 Å². The highest BCUT2D eigenvalue weighted by molar-refractivity contribution is 5.94. The molecular formula is C24H28FN5O2. The Morgan fingerprint density at radius 3 is 2.72 bits per heavy atom. The van der Waals surface area contributed by atoms with Crippen molar-refractivity contribution in [3.05, 3.63) is 70.9 Å². The molecule has 2 heterocycles. The average molecular weight is 438 g/mol. The lowest BCUT2D eigenvalue weighted by Crippen LogP contribution is -2.28. The zero-order valence-electron chi connectivity index (χ0n) is 18.5. The number of amides is 1. The number of anilines is 1. The fourth-order valence-electron chi connectivity index (χ4n) is 3.68. The van der Waals surface area contributed by atoms with Crippen molar-refractivity contribution in [3.63, 3.8) is 0 Å². The van der Waals surface area contributed by atoms with Crippen LogP contribution in [-0.2, 0) is 0 Å². The van der Waals surface area contributed by atoms with Gasteiger partial charge in [-0.3, -0.25) is 4.79 Å². The van der Waals surface area contributed by atoms with E-state index < -0.39 is 0 Å². The van der Waals surface area contributed by atoms with Crippen molar-refractivity contribution in [2.45, 2.75) is 51.6 Å². The summed E-state index contributed by atoms with van der Waals surface area (Å²) >= 11 is 0. The van der Waals surface area contributed by atoms with Gasteiger partial charge in [0.15, 0.2) is 0 Å². The van der Waals surface area contributed by atoms with E-state index in [0.717, 1.165) is 24.0 Å². The Balaban J connectivity index is 1.51. The molecule has 1 fully saturated rings. The van der Waals surface area contributed by atoms with E-state index in [4.69, 9.17) is 0 Å². The van der Waals surface area contributed by atoms with Crippen LogP contribution < -0.4 is 10.6 Å². The molecule has 0 aliphatic heterocycles. The third kappa shape index (κ3) is 4.50. The van der Waals surface area contributed by atoms with E-state index in [-0.39, 0.29) is 29.9 Å². The highest BCUT2D eigenvalue weighted by Gasteiger charge is 2.42. The lowest BCUT2D eigenvalue weighted by atomic mass is 10.0. The summed E-state index contributed by atoms with van der Waals surface area (Å²) in [5.41, 5.74) is 2.48. The van der Waals surface area contributed by atoms with Gasteiger partial charge in [-0.1, -0.05) is 19.1 Å². The molecule has 1 aliphatic rings. The normalized spacial score (nSPS) is 15.3. The van der Waals surface area contributed by atoms with Crippen LogP contribution >= 0.6 is 0 Å². The minimum Gasteiger partial charge on any atom is -0.394 e. The number of nitrogens with one attached hydrogen (secondary N) is 2. The summed E-state index contributed by atoms with van der Waals surface area (Å²) in [6.45, 7) is 5.64. The van der Waals surface area contributed by atoms with Crippen LogP contribution in [0.25, 0.3) is 5.82 Å². The van der Waals surface area contributed by atoms with Crippen LogP contribution in [0.1, 0.15) is 59.3 Å². The predicted molar refractivity (Wildman–Crippen MR) is 120 cm³/mol. The van der Waals surface area contributed by atoms with Gasteiger partial charge in [0.2, 0.25) is 5.95 Å². The molecule has 168 valence electrons. The van der Waals surface area contributed by atoms with Crippen molar-refractivity contribution in [2.24, 2.45) is 0 Å². The van der Waals surface area contributed by atoms with E-state index in [2.05, 4.69) is 20.6 Å². The van der Waals surface area contributed by atoms with Crippen LogP contribution in [-0.4, -0.2) is 37.7 Å². The Morgan fingerprint density at radius 1 is 1.28 bits per heavy atom. The Morgan fingerprint density at radius 2 is 2.06 bits per heavy atom. The molecular weight excluding hydrogens is 409 g/mol. The van der Waals surface area contributed by atoms with E-state index in [0.29, 0.717) is 29.3 Å². The van der Waals surface area contributed by atoms with Gasteiger partial charge in [-0.05, 0) is 56.4 Å². The van der Waals surface area contributed by atoms with Crippen LogP contribution in [0.2, 0.25) is 0 Å². The number of aryl methyl sites for hydroxylation is 2. The molecule has 1 amide bonds. The molecule has 1 aromatic carbocycles. The number of carbonyl (C=O) groups excluding carboxylic acids is 1. The lowest BCUT2D eigenvalue weighted by Gasteiger charge is -2.18. The van der Waals surface area contributed by atoms with E-state index in [1.807, 2.05) is 13.8 Å². The largest absolute Gasteiger partial charge is 0.394 e. The van der Waals surface area contributed by atoms with Crippen molar-refractivity contribution in [1.29, 1.82) is 0 Å². The Hall–Kier alpha value is -3.26. The lowest BCUT2D eigenvalue weighted by molar-refractivity contribution is 0.0935. The third-order valence-electron chi connectivity index (χ3n) is 5.98. The highest BCUT2D eigenvalue weighted by atomic mass is 19.1. The maximum absolute atomic E-state index is 13.6. The SMILES string of the molecule is CCC(NC(=O)c1ccn(-c2nc(NC3(CO)CC3)ncc2C)c1)c1ccc(F)c(C)c1. The topological polar surface area (TPSA) is 92.1 Å². The Bertz CT molecular complexity index is 1140. The average Bonchev–Trinajstić information content (AvgIpc) is 3.38. The standard InChI is InChI=1S/C24H28FN5O2/c1-4-20(17-5-6-19(25)15(2)11-17)27-22(32)18-7-10-30(13-18)21-16(3)12-26-23(28-21)29-24(14-31)8-9-24/h5-7,10-13,20,31H,4,8-9,14H2,1-3H3,(H,27,32)(H,26,28,29). The van der Waals surface area contributed by atoms with Gasteiger partial charge in [-0.25, -0.2) is 9.37 Å². The van der Waals surface area contributed by atoms with Gasteiger partial charge in [0.1, 0.15) is 11.6 Å². The molecule has 0 radical (unpaired) electrons. The highest BCUT2D eigenvalue weighted by Crippen LogP contribution is 2.37. The molecule has 1 saturated carbocycles. The van der Waals surface area contributed by atoms with E-state index in [9.17, 15) is 14.3 Å². The molecule has 8 heteroatoms. The van der Waals surface area contributed by atoms with Crippen molar-refractivity contribution in [1.82, 2.24) is 19.9 Å². The number of aromatic nitrogens is 3. The second kappa shape index (κ2) is 8.70. The number of aliphatic hydroxyl groups is 1. The maximum atomic E-state index is 13.6. The fraction of sp³-hybridized carbons (Fsp3) is 0.375. The number of benzene rings is 1. The number of rotatable bonds is 8. The van der Waals surface area contributed by atoms with E-state index in [1.54, 1.807) is 48.3 Å². The molecule has 2 aromatic heterocycles. The number of hydrogen-bond acceptors (Lipinski definition) is 5. The van der Waals surface area contributed by atoms with Crippen LogP contribution in [0.5, 0.6) is 0 Å². The quantitative estimate of drug-likeness (QED) is 0.498. The summed E-state index contributed by atoms with van der Waals surface area (Å²) in [6.07, 6.45) is 7.70. The summed E-state index contributed by atoms with van der Waals surface area (Å²) in [4.78, 5) is 21.8. The van der Waals surface area contributed by atoms with Gasteiger partial charge < -0.3 is 20.3 Å². The Kier molecular flexibility index (Phi) is 5.97. The molecule has 7 nitrogen and oxygen atoms in total. The van der Waals surface area contributed by atoms with E-state index in [1.165, 1.54) is 6.07 Å². The first-order valence-corrected chi connectivity index (χ1v) is 10.8. The van der Waals surface area contributed by atoms with Crippen LogP contribution in [0.4, 0.5) is 10.3 Å². The first-order chi connectivity index (χ1) is 15.3. The van der Waals surface area contributed by atoms with Gasteiger partial charge in [-0.15, -0.1) is 0 Å². The van der Waals surface area contributed by atoms with Crippen molar-refractivity contribution >= 4 is 11.9 Å². The predicted octanol–water partition coefficient (Wildman–Crippen LogP) is 3.84. The van der Waals surface area contributed by atoms with Crippen molar-refractivity contribution < 1.29 is 14.3 Å². The first kappa shape index (κ1) is 22.0. The summed E-state index contributed by atoms with van der Waals surface area (Å²) in [5.74, 6) is 0.651. The van der Waals surface area contributed by atoms with Crippen molar-refractivity contribution in [2.75, 3.05) is 11.9 Å².